The highest BCUT2D eigenvalue weighted by molar-refractivity contribution is 5.74. The Labute approximate surface area is 62.5 Å². The van der Waals surface area contributed by atoms with Crippen LogP contribution >= 0.6 is 0 Å². The molecule has 0 bridgehead atoms. The van der Waals surface area contributed by atoms with E-state index in [0.29, 0.717) is 6.61 Å². The van der Waals surface area contributed by atoms with Crippen LogP contribution in [0.3, 0.4) is 0 Å². The van der Waals surface area contributed by atoms with Crippen LogP contribution in [0.4, 0.5) is 0 Å². The van der Waals surface area contributed by atoms with Gasteiger partial charge in [0.05, 0.1) is 6.61 Å². The van der Waals surface area contributed by atoms with Gasteiger partial charge in [-0.1, -0.05) is 13.8 Å². The van der Waals surface area contributed by atoms with Gasteiger partial charge in [0, 0.05) is 0 Å². The molecule has 0 radical (unpaired) electrons. The van der Waals surface area contributed by atoms with Crippen LogP contribution in [0.5, 0.6) is 0 Å². The third-order valence-corrected chi connectivity index (χ3v) is 0.658. The zero-order valence-corrected chi connectivity index (χ0v) is 7.18. The second-order valence-corrected chi connectivity index (χ2v) is 1.54. The summed E-state index contributed by atoms with van der Waals surface area (Å²) in [5.74, 6) is -0.340. The lowest BCUT2D eigenvalue weighted by molar-refractivity contribution is -0.144. The summed E-state index contributed by atoms with van der Waals surface area (Å²) in [4.78, 5) is 10.4. The summed E-state index contributed by atoms with van der Waals surface area (Å²) in [5, 5.41) is 0. The van der Waals surface area contributed by atoms with Crippen molar-refractivity contribution < 1.29 is 9.53 Å². The summed E-state index contributed by atoms with van der Waals surface area (Å²) in [6.45, 7) is 7.75. The highest BCUT2D eigenvalue weighted by atomic mass is 16.5. The first-order chi connectivity index (χ1) is 4.68. The number of ether oxygens (including phenoxy) is 1. The molecular weight excluding hydrogens is 130 g/mol. The van der Waals surface area contributed by atoms with Gasteiger partial charge in [-0.3, -0.25) is 4.79 Å². The normalized spacial score (nSPS) is 10.9. The van der Waals surface area contributed by atoms with E-state index in [1.165, 1.54) is 0 Å². The minimum absolute atomic E-state index is 0.340. The van der Waals surface area contributed by atoms with Gasteiger partial charge in [-0.25, -0.2) is 0 Å². The Morgan fingerprint density at radius 2 is 2.00 bits per heavy atom. The van der Waals surface area contributed by atoms with Crippen LogP contribution in [0.25, 0.3) is 0 Å². The lowest BCUT2D eigenvalue weighted by Gasteiger charge is -2.02. The number of carbonyl (C=O) groups is 1. The van der Waals surface area contributed by atoms with Crippen molar-refractivity contribution >= 4 is 5.97 Å². The third kappa shape index (κ3) is 7.43. The van der Waals surface area contributed by atoms with Crippen molar-refractivity contribution in [2.24, 2.45) is 5.73 Å². The number of carbonyl (C=O) groups excluding carboxylic acids is 1. The minimum Gasteiger partial charge on any atom is -0.465 e. The van der Waals surface area contributed by atoms with Crippen LogP contribution < -0.4 is 5.73 Å². The van der Waals surface area contributed by atoms with Gasteiger partial charge in [-0.15, -0.1) is 0 Å². The third-order valence-electron chi connectivity index (χ3n) is 0.658. The van der Waals surface area contributed by atoms with Crippen molar-refractivity contribution in [1.29, 1.82) is 0 Å². The van der Waals surface area contributed by atoms with E-state index >= 15 is 0 Å². The summed E-state index contributed by atoms with van der Waals surface area (Å²) < 4.78 is 4.54. The lowest BCUT2D eigenvalue weighted by Crippen LogP contribution is -2.28. The zero-order valence-electron chi connectivity index (χ0n) is 7.18. The van der Waals surface area contributed by atoms with E-state index in [2.05, 4.69) is 4.74 Å². The van der Waals surface area contributed by atoms with Crippen LogP contribution in [-0.4, -0.2) is 18.6 Å². The molecule has 0 amide bonds. The van der Waals surface area contributed by atoms with Gasteiger partial charge in [-0.2, -0.15) is 0 Å². The molecule has 0 aliphatic carbocycles. The predicted molar refractivity (Wildman–Crippen MR) is 41.6 cm³/mol. The van der Waals surface area contributed by atoms with Gasteiger partial charge in [-0.05, 0) is 13.8 Å². The molecule has 2 N–H and O–H groups in total. The number of nitrogens with two attached hydrogens (primary N) is 1. The standard InChI is InChI=1S/C5H11NO2.C2H6/c1-3-8-5(7)4(2)6;1-2/h4H,3,6H2,1-2H3;1-2H3. The fourth-order valence-electron chi connectivity index (χ4n) is 0.274. The van der Waals surface area contributed by atoms with Crippen LogP contribution in [-0.2, 0) is 9.53 Å². The molecular formula is C7H17NO2. The largest absolute Gasteiger partial charge is 0.465 e. The van der Waals surface area contributed by atoms with E-state index < -0.39 is 6.04 Å². The maximum atomic E-state index is 10.4. The zero-order chi connectivity index (χ0) is 8.57. The molecule has 0 heterocycles. The van der Waals surface area contributed by atoms with Crippen molar-refractivity contribution in [2.45, 2.75) is 33.7 Å². The quantitative estimate of drug-likeness (QED) is 0.591. The maximum absolute atomic E-state index is 10.4. The number of hydrogen-bond donors (Lipinski definition) is 1. The van der Waals surface area contributed by atoms with Gasteiger partial charge in [0.25, 0.3) is 0 Å². The summed E-state index contributed by atoms with van der Waals surface area (Å²) in [7, 11) is 0. The molecule has 0 aromatic carbocycles. The molecule has 0 aliphatic heterocycles. The second kappa shape index (κ2) is 8.43. The summed E-state index contributed by atoms with van der Waals surface area (Å²) in [6.07, 6.45) is 0. The van der Waals surface area contributed by atoms with Gasteiger partial charge in [0.15, 0.2) is 0 Å². The lowest BCUT2D eigenvalue weighted by atomic mass is 10.4. The van der Waals surface area contributed by atoms with Crippen LogP contribution in [0.2, 0.25) is 0 Å². The Bertz CT molecular complexity index is 81.7. The molecule has 0 fully saturated rings. The fourth-order valence-corrected chi connectivity index (χ4v) is 0.274. The Kier molecular flexibility index (Phi) is 10.2. The fraction of sp³-hybridized carbons (Fsp3) is 0.857. The van der Waals surface area contributed by atoms with Crippen molar-refractivity contribution in [2.75, 3.05) is 6.61 Å². The molecule has 0 aromatic heterocycles. The first-order valence-electron chi connectivity index (χ1n) is 3.60. The Morgan fingerprint density at radius 1 is 1.60 bits per heavy atom. The first-order valence-corrected chi connectivity index (χ1v) is 3.60. The first kappa shape index (κ1) is 12.1. The smallest absolute Gasteiger partial charge is 0.322 e. The van der Waals surface area contributed by atoms with Crippen LogP contribution in [0, 0.1) is 0 Å². The number of hydrogen-bond acceptors (Lipinski definition) is 3. The Morgan fingerprint density at radius 3 is 2.10 bits per heavy atom. The molecule has 3 heteroatoms. The van der Waals surface area contributed by atoms with E-state index in [1.807, 2.05) is 13.8 Å². The summed E-state index contributed by atoms with van der Waals surface area (Å²) in [5.41, 5.74) is 5.15. The second-order valence-electron chi connectivity index (χ2n) is 1.54. The number of esters is 1. The van der Waals surface area contributed by atoms with Crippen molar-refractivity contribution in [3.63, 3.8) is 0 Å². The number of rotatable bonds is 2. The molecule has 0 aliphatic rings. The molecule has 0 saturated heterocycles. The van der Waals surface area contributed by atoms with Gasteiger partial charge < -0.3 is 10.5 Å². The average molecular weight is 147 g/mol. The van der Waals surface area contributed by atoms with Crippen molar-refractivity contribution in [3.05, 3.63) is 0 Å². The topological polar surface area (TPSA) is 52.3 Å². The Balaban J connectivity index is 0. The van der Waals surface area contributed by atoms with Crippen LogP contribution in [0.15, 0.2) is 0 Å². The van der Waals surface area contributed by atoms with E-state index in [4.69, 9.17) is 5.73 Å². The molecule has 0 aromatic rings. The summed E-state index contributed by atoms with van der Waals surface area (Å²) in [6, 6.07) is -0.491. The molecule has 62 valence electrons. The molecule has 3 nitrogen and oxygen atoms in total. The van der Waals surface area contributed by atoms with E-state index in [0.717, 1.165) is 0 Å². The van der Waals surface area contributed by atoms with Gasteiger partial charge >= 0.3 is 5.97 Å². The minimum atomic E-state index is -0.491. The van der Waals surface area contributed by atoms with E-state index in [-0.39, 0.29) is 5.97 Å². The molecule has 0 saturated carbocycles. The van der Waals surface area contributed by atoms with Crippen LogP contribution in [0.1, 0.15) is 27.7 Å². The highest BCUT2D eigenvalue weighted by Gasteiger charge is 2.05. The molecule has 0 spiro atoms. The van der Waals surface area contributed by atoms with Gasteiger partial charge in [0.2, 0.25) is 0 Å². The van der Waals surface area contributed by atoms with Gasteiger partial charge in [0.1, 0.15) is 6.04 Å². The highest BCUT2D eigenvalue weighted by Crippen LogP contribution is 1.80. The SMILES string of the molecule is CC.CCOC(=O)C(C)N. The Hall–Kier alpha value is -0.570. The van der Waals surface area contributed by atoms with Crippen molar-refractivity contribution in [1.82, 2.24) is 0 Å². The average Bonchev–Trinajstić information content (AvgIpc) is 1.93. The molecule has 10 heavy (non-hydrogen) atoms. The monoisotopic (exact) mass is 147 g/mol. The molecule has 1 atom stereocenters. The predicted octanol–water partition coefficient (Wildman–Crippen LogP) is 0.923. The maximum Gasteiger partial charge on any atom is 0.322 e. The molecule has 0 rings (SSSR count). The summed E-state index contributed by atoms with van der Waals surface area (Å²) >= 11 is 0. The van der Waals surface area contributed by atoms with E-state index in [1.54, 1.807) is 13.8 Å². The molecule has 1 unspecified atom stereocenters. The van der Waals surface area contributed by atoms with E-state index in [9.17, 15) is 4.79 Å². The van der Waals surface area contributed by atoms with Crippen molar-refractivity contribution in [3.8, 4) is 0 Å².